The first-order chi connectivity index (χ1) is 9.56. The third kappa shape index (κ3) is 3.61. The van der Waals surface area contributed by atoms with E-state index in [1.165, 1.54) is 12.1 Å². The summed E-state index contributed by atoms with van der Waals surface area (Å²) in [5, 5.41) is 5.58. The van der Waals surface area contributed by atoms with E-state index in [0.717, 1.165) is 5.56 Å². The van der Waals surface area contributed by atoms with Crippen LogP contribution in [-0.4, -0.2) is 11.0 Å². The van der Waals surface area contributed by atoms with Crippen LogP contribution in [0.15, 0.2) is 48.5 Å². The highest BCUT2D eigenvalue weighted by atomic mass is 32.1. The fraction of sp³-hybridized carbons (Fsp3) is 0.0667. The van der Waals surface area contributed by atoms with Crippen molar-refractivity contribution in [2.24, 2.45) is 0 Å². The van der Waals surface area contributed by atoms with Crippen LogP contribution in [0.1, 0.15) is 15.9 Å². The first kappa shape index (κ1) is 14.1. The summed E-state index contributed by atoms with van der Waals surface area (Å²) in [5.41, 5.74) is 2.05. The Hall–Kier alpha value is -2.27. The highest BCUT2D eigenvalue weighted by Gasteiger charge is 2.09. The monoisotopic (exact) mass is 288 g/mol. The van der Waals surface area contributed by atoms with Gasteiger partial charge in [-0.2, -0.15) is 0 Å². The molecule has 2 aromatic rings. The average Bonchev–Trinajstić information content (AvgIpc) is 2.41. The van der Waals surface area contributed by atoms with Gasteiger partial charge in [-0.05, 0) is 55.0 Å². The molecule has 20 heavy (non-hydrogen) atoms. The summed E-state index contributed by atoms with van der Waals surface area (Å²) in [7, 11) is 0. The second-order valence-corrected chi connectivity index (χ2v) is 4.64. The number of rotatable bonds is 2. The first-order valence-electron chi connectivity index (χ1n) is 6.00. The van der Waals surface area contributed by atoms with E-state index in [1.54, 1.807) is 24.3 Å². The summed E-state index contributed by atoms with van der Waals surface area (Å²) in [5.74, 6) is -0.604. The smallest absolute Gasteiger partial charge is 0.257 e. The molecule has 0 aliphatic carbocycles. The lowest BCUT2D eigenvalue weighted by molar-refractivity contribution is 0.0977. The van der Waals surface area contributed by atoms with Crippen LogP contribution >= 0.6 is 12.2 Å². The van der Waals surface area contributed by atoms with Gasteiger partial charge in [0, 0.05) is 11.3 Å². The summed E-state index contributed by atoms with van der Waals surface area (Å²) in [4.78, 5) is 12.0. The van der Waals surface area contributed by atoms with Crippen LogP contribution < -0.4 is 10.6 Å². The van der Waals surface area contributed by atoms with Gasteiger partial charge in [-0.25, -0.2) is 4.39 Å². The van der Waals surface area contributed by atoms with Crippen LogP contribution in [0.4, 0.5) is 10.1 Å². The Morgan fingerprint density at radius 2 is 1.75 bits per heavy atom. The molecular weight excluding hydrogens is 275 g/mol. The molecule has 0 saturated carbocycles. The number of benzene rings is 2. The fourth-order valence-electron chi connectivity index (χ4n) is 1.69. The molecule has 0 aliphatic heterocycles. The molecule has 0 saturated heterocycles. The van der Waals surface area contributed by atoms with Gasteiger partial charge >= 0.3 is 0 Å². The van der Waals surface area contributed by atoms with Crippen molar-refractivity contribution < 1.29 is 9.18 Å². The molecule has 0 radical (unpaired) electrons. The number of amides is 1. The van der Waals surface area contributed by atoms with Crippen molar-refractivity contribution in [1.82, 2.24) is 5.32 Å². The lowest BCUT2D eigenvalue weighted by Crippen LogP contribution is -2.34. The highest BCUT2D eigenvalue weighted by Crippen LogP contribution is 2.09. The normalized spacial score (nSPS) is 9.90. The molecule has 5 heteroatoms. The van der Waals surface area contributed by atoms with Gasteiger partial charge in [-0.15, -0.1) is 0 Å². The van der Waals surface area contributed by atoms with Crippen LogP contribution in [0, 0.1) is 12.7 Å². The molecule has 1 amide bonds. The Kier molecular flexibility index (Phi) is 4.42. The van der Waals surface area contributed by atoms with Gasteiger partial charge < -0.3 is 5.32 Å². The van der Waals surface area contributed by atoms with Gasteiger partial charge in [0.1, 0.15) is 5.82 Å². The van der Waals surface area contributed by atoms with E-state index in [4.69, 9.17) is 12.2 Å². The standard InChI is InChI=1S/C15H13FN2OS/c1-10-4-2-3-5-13(10)14(19)18-15(20)17-12-8-6-11(16)7-9-12/h2-9H,1H3,(H2,17,18,19,20). The van der Waals surface area contributed by atoms with E-state index >= 15 is 0 Å². The number of anilines is 1. The van der Waals surface area contributed by atoms with Crippen LogP contribution in [0.2, 0.25) is 0 Å². The van der Waals surface area contributed by atoms with Crippen LogP contribution in [0.5, 0.6) is 0 Å². The van der Waals surface area contributed by atoms with Crippen molar-refractivity contribution in [2.75, 3.05) is 5.32 Å². The fourth-order valence-corrected chi connectivity index (χ4v) is 1.90. The number of carbonyl (C=O) groups is 1. The number of hydrogen-bond acceptors (Lipinski definition) is 2. The molecule has 0 fully saturated rings. The Bertz CT molecular complexity index is 641. The summed E-state index contributed by atoms with van der Waals surface area (Å²) in [6.07, 6.45) is 0. The zero-order valence-electron chi connectivity index (χ0n) is 10.8. The van der Waals surface area contributed by atoms with Crippen molar-refractivity contribution in [1.29, 1.82) is 0 Å². The minimum Gasteiger partial charge on any atom is -0.332 e. The summed E-state index contributed by atoms with van der Waals surface area (Å²) < 4.78 is 12.8. The summed E-state index contributed by atoms with van der Waals surface area (Å²) >= 11 is 5.05. The Balaban J connectivity index is 2.00. The van der Waals surface area contributed by atoms with Gasteiger partial charge in [-0.3, -0.25) is 10.1 Å². The van der Waals surface area contributed by atoms with E-state index in [-0.39, 0.29) is 16.8 Å². The minimum absolute atomic E-state index is 0.171. The zero-order valence-corrected chi connectivity index (χ0v) is 11.6. The lowest BCUT2D eigenvalue weighted by atomic mass is 10.1. The number of halogens is 1. The van der Waals surface area contributed by atoms with Crippen molar-refractivity contribution in [3.05, 3.63) is 65.5 Å². The van der Waals surface area contributed by atoms with Crippen LogP contribution in [0.25, 0.3) is 0 Å². The number of aryl methyl sites for hydroxylation is 1. The number of nitrogens with one attached hydrogen (secondary N) is 2. The predicted octanol–water partition coefficient (Wildman–Crippen LogP) is 3.26. The molecule has 2 rings (SSSR count). The maximum atomic E-state index is 12.8. The molecule has 2 aromatic carbocycles. The van der Waals surface area contributed by atoms with Crippen LogP contribution in [-0.2, 0) is 0 Å². The first-order valence-corrected chi connectivity index (χ1v) is 6.40. The van der Waals surface area contributed by atoms with Crippen molar-refractivity contribution in [2.45, 2.75) is 6.92 Å². The van der Waals surface area contributed by atoms with Gasteiger partial charge in [0.2, 0.25) is 0 Å². The second-order valence-electron chi connectivity index (χ2n) is 4.23. The van der Waals surface area contributed by atoms with Crippen LogP contribution in [0.3, 0.4) is 0 Å². The molecule has 0 atom stereocenters. The van der Waals surface area contributed by atoms with E-state index in [1.807, 2.05) is 19.1 Å². The van der Waals surface area contributed by atoms with E-state index in [2.05, 4.69) is 10.6 Å². The molecule has 0 aromatic heterocycles. The van der Waals surface area contributed by atoms with E-state index in [0.29, 0.717) is 11.3 Å². The number of carbonyl (C=O) groups excluding carboxylic acids is 1. The summed E-state index contributed by atoms with van der Waals surface area (Å²) in [6.45, 7) is 1.85. The SMILES string of the molecule is Cc1ccccc1C(=O)NC(=S)Nc1ccc(F)cc1. The van der Waals surface area contributed by atoms with Crippen molar-refractivity contribution in [3.63, 3.8) is 0 Å². The maximum Gasteiger partial charge on any atom is 0.257 e. The van der Waals surface area contributed by atoms with Gasteiger partial charge in [-0.1, -0.05) is 18.2 Å². The van der Waals surface area contributed by atoms with E-state index in [9.17, 15) is 9.18 Å². The minimum atomic E-state index is -0.328. The van der Waals surface area contributed by atoms with Gasteiger partial charge in [0.15, 0.2) is 5.11 Å². The molecule has 0 aliphatic rings. The maximum absolute atomic E-state index is 12.8. The quantitative estimate of drug-likeness (QED) is 0.833. The Labute approximate surface area is 121 Å². The third-order valence-corrected chi connectivity index (χ3v) is 2.92. The average molecular weight is 288 g/mol. The molecule has 0 unspecified atom stereocenters. The highest BCUT2D eigenvalue weighted by molar-refractivity contribution is 7.80. The predicted molar refractivity (Wildman–Crippen MR) is 81.3 cm³/mol. The summed E-state index contributed by atoms with van der Waals surface area (Å²) in [6, 6.07) is 12.9. The lowest BCUT2D eigenvalue weighted by Gasteiger charge is -2.10. The molecule has 0 bridgehead atoms. The number of thiocarbonyl (C=S) groups is 1. The number of hydrogen-bond donors (Lipinski definition) is 2. The van der Waals surface area contributed by atoms with E-state index < -0.39 is 0 Å². The Morgan fingerprint density at radius 3 is 2.40 bits per heavy atom. The topological polar surface area (TPSA) is 41.1 Å². The largest absolute Gasteiger partial charge is 0.332 e. The van der Waals surface area contributed by atoms with Crippen molar-refractivity contribution >= 4 is 28.9 Å². The Morgan fingerprint density at radius 1 is 1.10 bits per heavy atom. The van der Waals surface area contributed by atoms with Crippen molar-refractivity contribution in [3.8, 4) is 0 Å². The zero-order chi connectivity index (χ0) is 14.5. The molecule has 0 spiro atoms. The van der Waals surface area contributed by atoms with Gasteiger partial charge in [0.05, 0.1) is 0 Å². The van der Waals surface area contributed by atoms with Gasteiger partial charge in [0.25, 0.3) is 5.91 Å². The third-order valence-electron chi connectivity index (χ3n) is 2.72. The molecule has 3 nitrogen and oxygen atoms in total. The molecule has 2 N–H and O–H groups in total. The molecule has 102 valence electrons. The molecular formula is C15H13FN2OS. The molecule has 0 heterocycles. The second kappa shape index (κ2) is 6.25.